The molecule has 0 fully saturated rings. The van der Waals surface area contributed by atoms with E-state index in [0.717, 1.165) is 5.56 Å². The highest BCUT2D eigenvalue weighted by molar-refractivity contribution is 7.90. The third-order valence-corrected chi connectivity index (χ3v) is 5.79. The summed E-state index contributed by atoms with van der Waals surface area (Å²) in [5.41, 5.74) is 1.43. The number of anilines is 1. The Morgan fingerprint density at radius 3 is 2.86 bits per heavy atom. The minimum absolute atomic E-state index is 0.114. The quantitative estimate of drug-likeness (QED) is 0.770. The first-order valence-electron chi connectivity index (χ1n) is 8.86. The monoisotopic (exact) mass is 401 g/mol. The number of carbonyl (C=O) groups excluding carboxylic acids is 1. The van der Waals surface area contributed by atoms with E-state index < -0.39 is 10.0 Å². The van der Waals surface area contributed by atoms with Crippen LogP contribution in [0.1, 0.15) is 24.8 Å². The average Bonchev–Trinajstić information content (AvgIpc) is 3.14. The maximum absolute atomic E-state index is 12.2. The Balaban J connectivity index is 1.26. The van der Waals surface area contributed by atoms with Crippen LogP contribution in [-0.4, -0.2) is 27.0 Å². The molecule has 1 amide bonds. The minimum Gasteiger partial charge on any atom is -0.454 e. The van der Waals surface area contributed by atoms with Gasteiger partial charge in [0, 0.05) is 19.4 Å². The van der Waals surface area contributed by atoms with Gasteiger partial charge in [-0.15, -0.1) is 4.40 Å². The molecule has 2 aliphatic rings. The zero-order chi connectivity index (χ0) is 19.6. The number of amides is 1. The summed E-state index contributed by atoms with van der Waals surface area (Å²) in [6.45, 7) is 0.597. The molecule has 0 radical (unpaired) electrons. The third kappa shape index (κ3) is 3.94. The third-order valence-electron chi connectivity index (χ3n) is 4.42. The molecule has 146 valence electrons. The molecule has 0 bridgehead atoms. The average molecular weight is 401 g/mol. The summed E-state index contributed by atoms with van der Waals surface area (Å²) in [6, 6.07) is 12.1. The summed E-state index contributed by atoms with van der Waals surface area (Å²) in [5.74, 6) is 1.61. The molecule has 8 nitrogen and oxygen atoms in total. The largest absolute Gasteiger partial charge is 0.454 e. The molecule has 0 aliphatic carbocycles. The van der Waals surface area contributed by atoms with E-state index in [4.69, 9.17) is 9.47 Å². The molecule has 2 aromatic carbocycles. The molecule has 0 saturated carbocycles. The first-order chi connectivity index (χ1) is 13.5. The molecule has 2 heterocycles. The predicted octanol–water partition coefficient (Wildman–Crippen LogP) is 2.41. The smallest absolute Gasteiger partial charge is 0.286 e. The fraction of sp³-hybridized carbons (Fsp3) is 0.263. The zero-order valence-corrected chi connectivity index (χ0v) is 15.8. The van der Waals surface area contributed by atoms with Crippen LogP contribution in [0.3, 0.4) is 0 Å². The number of benzene rings is 2. The van der Waals surface area contributed by atoms with Crippen molar-refractivity contribution in [1.82, 2.24) is 5.32 Å². The minimum atomic E-state index is -3.69. The van der Waals surface area contributed by atoms with E-state index in [-0.39, 0.29) is 24.0 Å². The van der Waals surface area contributed by atoms with E-state index in [9.17, 15) is 13.2 Å². The van der Waals surface area contributed by atoms with E-state index in [1.165, 1.54) is 6.07 Å². The highest BCUT2D eigenvalue weighted by Gasteiger charge is 2.24. The molecule has 2 N–H and O–H groups in total. The molecule has 28 heavy (non-hydrogen) atoms. The van der Waals surface area contributed by atoms with Crippen LogP contribution in [0.2, 0.25) is 0 Å². The van der Waals surface area contributed by atoms with Gasteiger partial charge in [-0.25, -0.2) is 0 Å². The molecular weight excluding hydrogens is 382 g/mol. The summed E-state index contributed by atoms with van der Waals surface area (Å²) in [7, 11) is -3.69. The topological polar surface area (TPSA) is 106 Å². The molecule has 2 aliphatic heterocycles. The normalized spacial score (nSPS) is 15.9. The van der Waals surface area contributed by atoms with Crippen LogP contribution in [0.5, 0.6) is 11.5 Å². The Morgan fingerprint density at radius 2 is 1.96 bits per heavy atom. The van der Waals surface area contributed by atoms with Gasteiger partial charge in [-0.05, 0) is 36.2 Å². The second kappa shape index (κ2) is 7.51. The highest BCUT2D eigenvalue weighted by Crippen LogP contribution is 2.32. The lowest BCUT2D eigenvalue weighted by molar-refractivity contribution is -0.121. The van der Waals surface area contributed by atoms with Crippen LogP contribution in [0.15, 0.2) is 51.8 Å². The zero-order valence-electron chi connectivity index (χ0n) is 15.0. The van der Waals surface area contributed by atoms with Crippen molar-refractivity contribution in [1.29, 1.82) is 0 Å². The maximum atomic E-state index is 12.2. The van der Waals surface area contributed by atoms with E-state index in [0.29, 0.717) is 42.4 Å². The number of hydrogen-bond donors (Lipinski definition) is 2. The molecule has 0 atom stereocenters. The Bertz CT molecular complexity index is 1050. The summed E-state index contributed by atoms with van der Waals surface area (Å²) >= 11 is 0. The predicted molar refractivity (Wildman–Crippen MR) is 103 cm³/mol. The molecule has 2 aromatic rings. The SMILES string of the molecule is O=C(CCCC1=NS(=O)(=O)c2ccccc2N1)NCc1ccc2c(c1)OCO2. The number of sulfonamides is 1. The van der Waals surface area contributed by atoms with Gasteiger partial charge in [-0.3, -0.25) is 4.79 Å². The van der Waals surface area contributed by atoms with Crippen molar-refractivity contribution in [3.63, 3.8) is 0 Å². The molecule has 0 saturated heterocycles. The number of hydrogen-bond acceptors (Lipinski definition) is 6. The van der Waals surface area contributed by atoms with Crippen molar-refractivity contribution in [2.75, 3.05) is 12.1 Å². The van der Waals surface area contributed by atoms with E-state index >= 15 is 0 Å². The first-order valence-corrected chi connectivity index (χ1v) is 10.3. The lowest BCUT2D eigenvalue weighted by Crippen LogP contribution is -2.24. The lowest BCUT2D eigenvalue weighted by atomic mass is 10.2. The van der Waals surface area contributed by atoms with Gasteiger partial charge in [-0.1, -0.05) is 18.2 Å². The molecular formula is C19H19N3O5S. The number of nitrogens with one attached hydrogen (secondary N) is 2. The number of para-hydroxylation sites is 1. The van der Waals surface area contributed by atoms with Gasteiger partial charge in [0.25, 0.3) is 10.0 Å². The number of fused-ring (bicyclic) bond motifs is 2. The van der Waals surface area contributed by atoms with Gasteiger partial charge in [0.2, 0.25) is 12.7 Å². The highest BCUT2D eigenvalue weighted by atomic mass is 32.2. The van der Waals surface area contributed by atoms with Crippen LogP contribution in [-0.2, 0) is 21.4 Å². The van der Waals surface area contributed by atoms with E-state index in [2.05, 4.69) is 15.0 Å². The number of nitrogens with zero attached hydrogens (tertiary/aromatic N) is 1. The number of carbonyl (C=O) groups is 1. The Hall–Kier alpha value is -3.07. The van der Waals surface area contributed by atoms with Crippen molar-refractivity contribution in [2.45, 2.75) is 30.7 Å². The van der Waals surface area contributed by atoms with Gasteiger partial charge in [0.1, 0.15) is 10.7 Å². The van der Waals surface area contributed by atoms with Crippen molar-refractivity contribution < 1.29 is 22.7 Å². The van der Waals surface area contributed by atoms with Gasteiger partial charge < -0.3 is 20.1 Å². The molecule has 0 unspecified atom stereocenters. The Kier molecular flexibility index (Phi) is 4.91. The Morgan fingerprint density at radius 1 is 1.14 bits per heavy atom. The Labute approximate surface area is 162 Å². The van der Waals surface area contributed by atoms with Gasteiger partial charge >= 0.3 is 0 Å². The van der Waals surface area contributed by atoms with E-state index in [1.807, 2.05) is 18.2 Å². The van der Waals surface area contributed by atoms with Crippen LogP contribution in [0.25, 0.3) is 0 Å². The van der Waals surface area contributed by atoms with Gasteiger partial charge in [0.15, 0.2) is 11.5 Å². The molecule has 0 aromatic heterocycles. The number of rotatable bonds is 6. The van der Waals surface area contributed by atoms with Crippen molar-refractivity contribution in [2.24, 2.45) is 4.40 Å². The molecule has 9 heteroatoms. The summed E-state index contributed by atoms with van der Waals surface area (Å²) in [5, 5.41) is 5.87. The lowest BCUT2D eigenvalue weighted by Gasteiger charge is -2.17. The van der Waals surface area contributed by atoms with Gasteiger partial charge in [0.05, 0.1) is 5.69 Å². The standard InChI is InChI=1S/C19H19N3O5S/c23-19(20-11-13-8-9-15-16(10-13)27-12-26-15)7-3-6-18-21-14-4-1-2-5-17(14)28(24,25)22-18/h1-2,4-5,8-10H,3,6-7,11-12H2,(H,20,23)(H,21,22). The molecule has 4 rings (SSSR count). The molecule has 0 spiro atoms. The number of amidine groups is 1. The number of ether oxygens (including phenoxy) is 2. The van der Waals surface area contributed by atoms with Crippen LogP contribution in [0, 0.1) is 0 Å². The van der Waals surface area contributed by atoms with E-state index in [1.54, 1.807) is 18.2 Å². The second-order valence-electron chi connectivity index (χ2n) is 6.45. The fourth-order valence-corrected chi connectivity index (χ4v) is 4.20. The summed E-state index contributed by atoms with van der Waals surface area (Å²) < 4.78 is 38.8. The summed E-state index contributed by atoms with van der Waals surface area (Å²) in [6.07, 6.45) is 1.12. The van der Waals surface area contributed by atoms with Crippen molar-refractivity contribution in [3.8, 4) is 11.5 Å². The van der Waals surface area contributed by atoms with Crippen LogP contribution >= 0.6 is 0 Å². The van der Waals surface area contributed by atoms with Crippen LogP contribution < -0.4 is 20.1 Å². The van der Waals surface area contributed by atoms with Crippen molar-refractivity contribution in [3.05, 3.63) is 48.0 Å². The maximum Gasteiger partial charge on any atom is 0.286 e. The van der Waals surface area contributed by atoms with Gasteiger partial charge in [-0.2, -0.15) is 8.42 Å². The first kappa shape index (κ1) is 18.3. The fourth-order valence-electron chi connectivity index (χ4n) is 3.03. The van der Waals surface area contributed by atoms with Crippen molar-refractivity contribution >= 4 is 27.5 Å². The summed E-state index contributed by atoms with van der Waals surface area (Å²) in [4.78, 5) is 12.2. The second-order valence-corrected chi connectivity index (χ2v) is 8.02. The van der Waals surface area contributed by atoms with Crippen LogP contribution in [0.4, 0.5) is 5.69 Å².